The van der Waals surface area contributed by atoms with Crippen LogP contribution in [0.15, 0.2) is 0 Å². The Morgan fingerprint density at radius 3 is 2.58 bits per heavy atom. The van der Waals surface area contributed by atoms with E-state index in [0.29, 0.717) is 29.3 Å². The molecule has 5 heteroatoms. The number of carbonyl (C=O) groups is 1. The van der Waals surface area contributed by atoms with E-state index in [1.807, 2.05) is 4.90 Å². The van der Waals surface area contributed by atoms with Crippen LogP contribution in [0, 0.1) is 5.92 Å². The first-order valence-electron chi connectivity index (χ1n) is 7.38. The van der Waals surface area contributed by atoms with Crippen LogP contribution in [0.5, 0.6) is 0 Å². The second-order valence-corrected chi connectivity index (χ2v) is 6.31. The van der Waals surface area contributed by atoms with Crippen LogP contribution in [-0.4, -0.2) is 33.6 Å². The summed E-state index contributed by atoms with van der Waals surface area (Å²) in [6, 6.07) is 0.438. The minimum absolute atomic E-state index is 0.0371. The fraction of sp³-hybridized carbons (Fsp3) is 0.714. The molecule has 0 aromatic carbocycles. The Kier molecular flexibility index (Phi) is 2.37. The molecule has 1 aromatic rings. The van der Waals surface area contributed by atoms with Crippen molar-refractivity contribution in [3.8, 4) is 0 Å². The van der Waals surface area contributed by atoms with Gasteiger partial charge in [0.05, 0.1) is 11.4 Å². The average Bonchev–Trinajstić information content (AvgIpc) is 3.24. The third kappa shape index (κ3) is 2.11. The van der Waals surface area contributed by atoms with Crippen molar-refractivity contribution >= 4 is 11.6 Å². The molecule has 3 aliphatic rings. The van der Waals surface area contributed by atoms with Crippen LogP contribution < -0.4 is 5.73 Å². The van der Waals surface area contributed by atoms with Gasteiger partial charge in [-0.3, -0.25) is 9.89 Å². The molecule has 3 saturated carbocycles. The molecule has 0 radical (unpaired) electrons. The second kappa shape index (κ2) is 3.99. The summed E-state index contributed by atoms with van der Waals surface area (Å²) in [7, 11) is 0. The molecule has 0 aliphatic heterocycles. The lowest BCUT2D eigenvalue weighted by molar-refractivity contribution is 0.0730. The van der Waals surface area contributed by atoms with Crippen LogP contribution >= 0.6 is 0 Å². The Morgan fingerprint density at radius 2 is 2.00 bits per heavy atom. The van der Waals surface area contributed by atoms with Crippen molar-refractivity contribution in [2.75, 3.05) is 12.3 Å². The zero-order valence-electron chi connectivity index (χ0n) is 11.1. The normalized spacial score (nSPS) is 22.5. The van der Waals surface area contributed by atoms with Gasteiger partial charge in [0.2, 0.25) is 0 Å². The molecule has 3 aliphatic carbocycles. The molecule has 1 amide bonds. The maximum Gasteiger partial charge on any atom is 0.276 e. The molecule has 0 unspecified atom stereocenters. The van der Waals surface area contributed by atoms with Gasteiger partial charge in [-0.15, -0.1) is 0 Å². The molecule has 0 atom stereocenters. The summed E-state index contributed by atoms with van der Waals surface area (Å²) in [5.74, 6) is 1.26. The monoisotopic (exact) mass is 260 g/mol. The van der Waals surface area contributed by atoms with Crippen LogP contribution in [0.25, 0.3) is 0 Å². The Bertz CT molecular complexity index is 512. The number of aromatic nitrogens is 2. The van der Waals surface area contributed by atoms with Crippen molar-refractivity contribution in [2.45, 2.75) is 50.5 Å². The Morgan fingerprint density at radius 1 is 1.26 bits per heavy atom. The van der Waals surface area contributed by atoms with Crippen LogP contribution in [0.1, 0.15) is 60.6 Å². The van der Waals surface area contributed by atoms with Crippen LogP contribution in [0.3, 0.4) is 0 Å². The molecule has 5 nitrogen and oxygen atoms in total. The number of nitrogens with zero attached hydrogens (tertiary/aromatic N) is 2. The predicted octanol–water partition coefficient (Wildman–Crippen LogP) is 1.88. The largest absolute Gasteiger partial charge is 0.395 e. The van der Waals surface area contributed by atoms with Gasteiger partial charge in [-0.1, -0.05) is 0 Å². The van der Waals surface area contributed by atoms with Crippen molar-refractivity contribution in [1.29, 1.82) is 0 Å². The minimum Gasteiger partial charge on any atom is -0.395 e. The molecule has 0 spiro atoms. The smallest absolute Gasteiger partial charge is 0.276 e. The third-order valence-corrected chi connectivity index (χ3v) is 4.42. The highest BCUT2D eigenvalue weighted by Gasteiger charge is 2.39. The summed E-state index contributed by atoms with van der Waals surface area (Å²) >= 11 is 0. The maximum absolute atomic E-state index is 12.6. The number of rotatable bonds is 5. The van der Waals surface area contributed by atoms with E-state index in [2.05, 4.69) is 10.2 Å². The van der Waals surface area contributed by atoms with Gasteiger partial charge in [0, 0.05) is 18.5 Å². The van der Waals surface area contributed by atoms with Gasteiger partial charge < -0.3 is 10.6 Å². The number of amides is 1. The number of nitrogen functional groups attached to an aromatic ring is 1. The van der Waals surface area contributed by atoms with E-state index < -0.39 is 0 Å². The summed E-state index contributed by atoms with van der Waals surface area (Å²) in [4.78, 5) is 14.6. The lowest BCUT2D eigenvalue weighted by Crippen LogP contribution is -2.35. The number of hydrogen-bond donors (Lipinski definition) is 2. The molecule has 1 heterocycles. The average molecular weight is 260 g/mol. The van der Waals surface area contributed by atoms with Crippen molar-refractivity contribution in [2.24, 2.45) is 5.92 Å². The summed E-state index contributed by atoms with van der Waals surface area (Å²) in [5.41, 5.74) is 8.13. The number of nitrogens with one attached hydrogen (secondary N) is 1. The SMILES string of the molecule is Nc1c(C(=O)N(CC2CC2)C2CC2)n[nH]c1C1CC1. The summed E-state index contributed by atoms with van der Waals surface area (Å²) in [5, 5.41) is 7.17. The molecule has 102 valence electrons. The predicted molar refractivity (Wildman–Crippen MR) is 71.8 cm³/mol. The van der Waals surface area contributed by atoms with E-state index in [1.165, 1.54) is 12.8 Å². The maximum atomic E-state index is 12.6. The van der Waals surface area contributed by atoms with E-state index in [1.54, 1.807) is 0 Å². The van der Waals surface area contributed by atoms with E-state index in [0.717, 1.165) is 37.9 Å². The van der Waals surface area contributed by atoms with Gasteiger partial charge in [0.15, 0.2) is 5.69 Å². The first-order chi connectivity index (χ1) is 9.24. The van der Waals surface area contributed by atoms with Crippen molar-refractivity contribution in [3.63, 3.8) is 0 Å². The third-order valence-electron chi connectivity index (χ3n) is 4.42. The first kappa shape index (κ1) is 11.3. The zero-order chi connectivity index (χ0) is 13.0. The highest BCUT2D eigenvalue weighted by Crippen LogP contribution is 2.43. The van der Waals surface area contributed by atoms with E-state index >= 15 is 0 Å². The van der Waals surface area contributed by atoms with Gasteiger partial charge in [0.25, 0.3) is 5.91 Å². The standard InChI is InChI=1S/C14H20N4O/c15-11-12(9-3-4-9)16-17-13(11)14(19)18(10-5-6-10)7-8-1-2-8/h8-10H,1-7,15H2,(H,16,17). The number of nitrogens with two attached hydrogens (primary N) is 1. The fourth-order valence-electron chi connectivity index (χ4n) is 2.71. The summed E-state index contributed by atoms with van der Waals surface area (Å²) in [6.07, 6.45) is 7.12. The molecular weight excluding hydrogens is 240 g/mol. The molecule has 1 aromatic heterocycles. The number of carbonyl (C=O) groups excluding carboxylic acids is 1. The number of hydrogen-bond acceptors (Lipinski definition) is 3. The van der Waals surface area contributed by atoms with Crippen LogP contribution in [-0.2, 0) is 0 Å². The lowest BCUT2D eigenvalue weighted by Gasteiger charge is -2.21. The Labute approximate surface area is 112 Å². The van der Waals surface area contributed by atoms with Crippen molar-refractivity contribution in [1.82, 2.24) is 15.1 Å². The number of H-pyrrole nitrogens is 1. The van der Waals surface area contributed by atoms with Crippen molar-refractivity contribution in [3.05, 3.63) is 11.4 Å². The zero-order valence-corrected chi connectivity index (χ0v) is 11.1. The topological polar surface area (TPSA) is 75.0 Å². The van der Waals surface area contributed by atoms with Gasteiger partial charge in [-0.2, -0.15) is 5.10 Å². The Hall–Kier alpha value is -1.52. The minimum atomic E-state index is 0.0371. The fourth-order valence-corrected chi connectivity index (χ4v) is 2.71. The molecule has 4 rings (SSSR count). The molecule has 0 saturated heterocycles. The lowest BCUT2D eigenvalue weighted by atomic mass is 10.2. The molecule has 19 heavy (non-hydrogen) atoms. The van der Waals surface area contributed by atoms with Gasteiger partial charge in [0.1, 0.15) is 0 Å². The van der Waals surface area contributed by atoms with Gasteiger partial charge in [-0.25, -0.2) is 0 Å². The van der Waals surface area contributed by atoms with Crippen LogP contribution in [0.2, 0.25) is 0 Å². The number of anilines is 1. The van der Waals surface area contributed by atoms with Gasteiger partial charge >= 0.3 is 0 Å². The molecular formula is C14H20N4O. The number of aromatic amines is 1. The first-order valence-corrected chi connectivity index (χ1v) is 7.38. The summed E-state index contributed by atoms with van der Waals surface area (Å²) < 4.78 is 0. The highest BCUT2D eigenvalue weighted by molar-refractivity contribution is 5.98. The van der Waals surface area contributed by atoms with E-state index in [9.17, 15) is 4.79 Å². The molecule has 3 fully saturated rings. The summed E-state index contributed by atoms with van der Waals surface area (Å²) in [6.45, 7) is 0.897. The van der Waals surface area contributed by atoms with Gasteiger partial charge in [-0.05, 0) is 44.4 Å². The van der Waals surface area contributed by atoms with Crippen LogP contribution in [0.4, 0.5) is 5.69 Å². The Balaban J connectivity index is 1.56. The van der Waals surface area contributed by atoms with Crippen molar-refractivity contribution < 1.29 is 4.79 Å². The van der Waals surface area contributed by atoms with E-state index in [4.69, 9.17) is 5.73 Å². The quantitative estimate of drug-likeness (QED) is 0.848. The van der Waals surface area contributed by atoms with E-state index in [-0.39, 0.29) is 5.91 Å². The molecule has 0 bridgehead atoms. The second-order valence-electron chi connectivity index (χ2n) is 6.31. The highest BCUT2D eigenvalue weighted by atomic mass is 16.2. The molecule has 3 N–H and O–H groups in total.